The van der Waals surface area contributed by atoms with Crippen LogP contribution in [0, 0.1) is 11.3 Å². The third-order valence-corrected chi connectivity index (χ3v) is 1.57. The molecule has 0 bridgehead atoms. The fraction of sp³-hybridized carbons (Fsp3) is 0.286. The van der Waals surface area contributed by atoms with Crippen LogP contribution in [-0.2, 0) is 0 Å². The molecule has 1 rings (SSSR count). The molecule has 1 aromatic heterocycles. The highest BCUT2D eigenvalue weighted by Gasteiger charge is 2.05. The van der Waals surface area contributed by atoms with Crippen molar-refractivity contribution in [1.82, 2.24) is 9.97 Å². The second-order valence-electron chi connectivity index (χ2n) is 2.25. The largest absolute Gasteiger partial charge is 0.323 e. The lowest BCUT2D eigenvalue weighted by molar-refractivity contribution is 0.738. The van der Waals surface area contributed by atoms with Gasteiger partial charge in [0.2, 0.25) is 5.28 Å². The van der Waals surface area contributed by atoms with Crippen molar-refractivity contribution in [3.8, 4) is 6.07 Å². The molecule has 0 aromatic carbocycles. The summed E-state index contributed by atoms with van der Waals surface area (Å²) in [4.78, 5) is 7.49. The first-order chi connectivity index (χ1) is 5.74. The van der Waals surface area contributed by atoms with Gasteiger partial charge >= 0.3 is 0 Å². The van der Waals surface area contributed by atoms with Gasteiger partial charge in [-0.05, 0) is 11.6 Å². The average Bonchev–Trinajstić information content (AvgIpc) is 2.06. The molecule has 0 unspecified atom stereocenters. The molecule has 0 fully saturated rings. The van der Waals surface area contributed by atoms with Crippen molar-refractivity contribution >= 4 is 11.6 Å². The maximum atomic E-state index is 8.36. The van der Waals surface area contributed by atoms with Gasteiger partial charge < -0.3 is 5.73 Å². The highest BCUT2D eigenvalue weighted by molar-refractivity contribution is 6.28. The van der Waals surface area contributed by atoms with E-state index in [0.29, 0.717) is 0 Å². The second-order valence-corrected chi connectivity index (χ2v) is 2.59. The Morgan fingerprint density at radius 2 is 2.17 bits per heavy atom. The van der Waals surface area contributed by atoms with E-state index in [2.05, 4.69) is 9.97 Å². The van der Waals surface area contributed by atoms with Gasteiger partial charge in [-0.1, -0.05) is 0 Å². The maximum Gasteiger partial charge on any atom is 0.222 e. The molecule has 0 radical (unpaired) electrons. The minimum absolute atomic E-state index is 0.183. The summed E-state index contributed by atoms with van der Waals surface area (Å²) in [6.07, 6.45) is 3.31. The summed E-state index contributed by atoms with van der Waals surface area (Å²) in [7, 11) is 0. The molecule has 1 heterocycles. The normalized spacial score (nSPS) is 12.1. The van der Waals surface area contributed by atoms with Gasteiger partial charge in [0.1, 0.15) is 0 Å². The quantitative estimate of drug-likeness (QED) is 0.694. The maximum absolute atomic E-state index is 8.36. The Morgan fingerprint density at radius 1 is 1.58 bits per heavy atom. The van der Waals surface area contributed by atoms with Gasteiger partial charge in [-0.15, -0.1) is 0 Å². The van der Waals surface area contributed by atoms with Crippen LogP contribution in [0.5, 0.6) is 0 Å². The standard InChI is InChI=1S/C7H7ClN4/c8-7-11-3-5(4-12-7)6(10)1-2-9/h3-4,6H,1,10H2/t6-/m0/s1. The predicted octanol–water partition coefficient (Wildman–Crippen LogP) is 1.04. The first-order valence-corrected chi connectivity index (χ1v) is 3.72. The van der Waals surface area contributed by atoms with Crippen LogP contribution in [0.3, 0.4) is 0 Å². The van der Waals surface area contributed by atoms with Gasteiger partial charge in [-0.3, -0.25) is 0 Å². The fourth-order valence-electron chi connectivity index (χ4n) is 0.730. The molecule has 0 saturated carbocycles. The average molecular weight is 183 g/mol. The molecular formula is C7H7ClN4. The van der Waals surface area contributed by atoms with Crippen LogP contribution in [0.25, 0.3) is 0 Å². The van der Waals surface area contributed by atoms with Crippen LogP contribution in [0.15, 0.2) is 12.4 Å². The van der Waals surface area contributed by atoms with Crippen molar-refractivity contribution in [3.05, 3.63) is 23.2 Å². The molecule has 0 saturated heterocycles. The van der Waals surface area contributed by atoms with E-state index in [1.807, 2.05) is 6.07 Å². The van der Waals surface area contributed by atoms with E-state index in [4.69, 9.17) is 22.6 Å². The number of hydrogen-bond acceptors (Lipinski definition) is 4. The molecule has 0 amide bonds. The Morgan fingerprint density at radius 3 is 2.67 bits per heavy atom. The minimum Gasteiger partial charge on any atom is -0.323 e. The Labute approximate surface area is 75.0 Å². The molecule has 4 nitrogen and oxygen atoms in total. The number of aromatic nitrogens is 2. The topological polar surface area (TPSA) is 75.6 Å². The minimum atomic E-state index is -0.327. The second kappa shape index (κ2) is 4.00. The molecular weight excluding hydrogens is 176 g/mol. The number of nitriles is 1. The Hall–Kier alpha value is -1.18. The van der Waals surface area contributed by atoms with E-state index in [-0.39, 0.29) is 17.7 Å². The highest BCUT2D eigenvalue weighted by atomic mass is 35.5. The number of halogens is 1. The predicted molar refractivity (Wildman–Crippen MR) is 44.2 cm³/mol. The van der Waals surface area contributed by atoms with Crippen LogP contribution in [0.4, 0.5) is 0 Å². The lowest BCUT2D eigenvalue weighted by Gasteiger charge is -2.04. The monoisotopic (exact) mass is 182 g/mol. The van der Waals surface area contributed by atoms with Gasteiger partial charge in [-0.25, -0.2) is 9.97 Å². The summed E-state index contributed by atoms with van der Waals surface area (Å²) >= 11 is 5.47. The summed E-state index contributed by atoms with van der Waals surface area (Å²) in [5.74, 6) is 0. The molecule has 0 aliphatic heterocycles. The van der Waals surface area contributed by atoms with Gasteiger partial charge in [-0.2, -0.15) is 5.26 Å². The van der Waals surface area contributed by atoms with Crippen LogP contribution in [0.2, 0.25) is 5.28 Å². The fourth-order valence-corrected chi connectivity index (χ4v) is 0.828. The van der Waals surface area contributed by atoms with Gasteiger partial charge in [0.25, 0.3) is 0 Å². The summed E-state index contributed by atoms with van der Waals surface area (Å²) < 4.78 is 0. The Balaban J connectivity index is 2.76. The highest BCUT2D eigenvalue weighted by Crippen LogP contribution is 2.11. The van der Waals surface area contributed by atoms with Crippen LogP contribution < -0.4 is 5.73 Å². The van der Waals surface area contributed by atoms with Gasteiger partial charge in [0, 0.05) is 24.0 Å². The molecule has 2 N–H and O–H groups in total. The lowest BCUT2D eigenvalue weighted by Crippen LogP contribution is -2.09. The number of rotatable bonds is 2. The van der Waals surface area contributed by atoms with E-state index >= 15 is 0 Å². The van der Waals surface area contributed by atoms with Crippen LogP contribution >= 0.6 is 11.6 Å². The molecule has 1 atom stereocenters. The van der Waals surface area contributed by atoms with Crippen LogP contribution in [0.1, 0.15) is 18.0 Å². The molecule has 0 aliphatic rings. The summed E-state index contributed by atoms with van der Waals surface area (Å²) in [6.45, 7) is 0. The molecule has 1 aromatic rings. The third kappa shape index (κ3) is 2.16. The summed E-state index contributed by atoms with van der Waals surface area (Å²) in [5.41, 5.74) is 6.33. The third-order valence-electron chi connectivity index (χ3n) is 1.38. The Kier molecular flexibility index (Phi) is 2.97. The molecule has 0 spiro atoms. The van der Waals surface area contributed by atoms with Crippen molar-refractivity contribution < 1.29 is 0 Å². The SMILES string of the molecule is N#CC[C@H](N)c1cnc(Cl)nc1. The van der Waals surface area contributed by atoms with Crippen molar-refractivity contribution in [3.63, 3.8) is 0 Å². The van der Waals surface area contributed by atoms with Crippen molar-refractivity contribution in [2.45, 2.75) is 12.5 Å². The lowest BCUT2D eigenvalue weighted by atomic mass is 10.1. The van der Waals surface area contributed by atoms with Crippen molar-refractivity contribution in [2.24, 2.45) is 5.73 Å². The van der Waals surface area contributed by atoms with E-state index in [1.165, 1.54) is 12.4 Å². The van der Waals surface area contributed by atoms with E-state index in [9.17, 15) is 0 Å². The number of nitrogens with zero attached hydrogens (tertiary/aromatic N) is 3. The van der Waals surface area contributed by atoms with Crippen LogP contribution in [-0.4, -0.2) is 9.97 Å². The first kappa shape index (κ1) is 8.91. The number of hydrogen-bond donors (Lipinski definition) is 1. The smallest absolute Gasteiger partial charge is 0.222 e. The first-order valence-electron chi connectivity index (χ1n) is 3.34. The zero-order valence-electron chi connectivity index (χ0n) is 6.24. The van der Waals surface area contributed by atoms with Gasteiger partial charge in [0.15, 0.2) is 0 Å². The summed E-state index contributed by atoms with van der Waals surface area (Å²) in [5, 5.41) is 8.54. The van der Waals surface area contributed by atoms with Crippen molar-refractivity contribution in [1.29, 1.82) is 5.26 Å². The molecule has 12 heavy (non-hydrogen) atoms. The molecule has 5 heteroatoms. The zero-order valence-corrected chi connectivity index (χ0v) is 6.99. The summed E-state index contributed by atoms with van der Waals surface area (Å²) in [6, 6.07) is 1.64. The molecule has 62 valence electrons. The van der Waals surface area contributed by atoms with E-state index in [1.54, 1.807) is 0 Å². The molecule has 0 aliphatic carbocycles. The number of nitrogens with two attached hydrogens (primary N) is 1. The van der Waals surface area contributed by atoms with E-state index in [0.717, 1.165) is 5.56 Å². The Bertz CT molecular complexity index is 289. The van der Waals surface area contributed by atoms with Crippen molar-refractivity contribution in [2.75, 3.05) is 0 Å². The van der Waals surface area contributed by atoms with Gasteiger partial charge in [0.05, 0.1) is 12.5 Å². The van der Waals surface area contributed by atoms with E-state index < -0.39 is 0 Å². The zero-order chi connectivity index (χ0) is 8.97.